The van der Waals surface area contributed by atoms with E-state index >= 15 is 0 Å². The fourth-order valence-electron chi connectivity index (χ4n) is 2.43. The first-order valence-corrected chi connectivity index (χ1v) is 7.39. The molecule has 3 rings (SSSR count). The van der Waals surface area contributed by atoms with E-state index in [-0.39, 0.29) is 0 Å². The van der Waals surface area contributed by atoms with Crippen molar-refractivity contribution in [1.29, 1.82) is 0 Å². The standard InChI is InChI=1S/C18H21NO2/c1-19-12-14-11-16(20-2)8-9-18(14)13-4-3-5-17(10-13)21-15-6-7-15/h3-5,8-11,15,19H,6-7,12H2,1-2H3. The minimum atomic E-state index is 0.424. The normalized spacial score (nSPS) is 14.0. The molecule has 110 valence electrons. The van der Waals surface area contributed by atoms with E-state index in [1.165, 1.54) is 29.5 Å². The Morgan fingerprint density at radius 3 is 2.67 bits per heavy atom. The molecule has 1 saturated carbocycles. The van der Waals surface area contributed by atoms with Gasteiger partial charge >= 0.3 is 0 Å². The zero-order valence-corrected chi connectivity index (χ0v) is 12.6. The summed E-state index contributed by atoms with van der Waals surface area (Å²) in [5.74, 6) is 1.84. The largest absolute Gasteiger partial charge is 0.497 e. The second-order valence-corrected chi connectivity index (χ2v) is 5.40. The SMILES string of the molecule is CNCc1cc(OC)ccc1-c1cccc(OC2CC2)c1. The Kier molecular flexibility index (Phi) is 4.11. The first kappa shape index (κ1) is 14.0. The van der Waals surface area contributed by atoms with E-state index < -0.39 is 0 Å². The van der Waals surface area contributed by atoms with E-state index in [2.05, 4.69) is 35.6 Å². The zero-order valence-electron chi connectivity index (χ0n) is 12.6. The smallest absolute Gasteiger partial charge is 0.120 e. The van der Waals surface area contributed by atoms with Crippen molar-refractivity contribution in [3.63, 3.8) is 0 Å². The number of benzene rings is 2. The summed E-state index contributed by atoms with van der Waals surface area (Å²) in [5, 5.41) is 3.22. The number of nitrogens with one attached hydrogen (secondary N) is 1. The molecule has 2 aromatic rings. The maximum Gasteiger partial charge on any atom is 0.120 e. The Bertz CT molecular complexity index is 620. The summed E-state index contributed by atoms with van der Waals surface area (Å²) in [7, 11) is 3.65. The highest BCUT2D eigenvalue weighted by molar-refractivity contribution is 5.69. The quantitative estimate of drug-likeness (QED) is 0.878. The van der Waals surface area contributed by atoms with Gasteiger partial charge in [-0.2, -0.15) is 0 Å². The third kappa shape index (κ3) is 3.37. The number of hydrogen-bond acceptors (Lipinski definition) is 3. The van der Waals surface area contributed by atoms with Gasteiger partial charge in [0, 0.05) is 6.54 Å². The molecule has 0 heterocycles. The number of methoxy groups -OCH3 is 1. The Morgan fingerprint density at radius 1 is 1.10 bits per heavy atom. The monoisotopic (exact) mass is 283 g/mol. The Labute approximate surface area is 125 Å². The molecule has 0 bridgehead atoms. The van der Waals surface area contributed by atoms with Crippen molar-refractivity contribution >= 4 is 0 Å². The van der Waals surface area contributed by atoms with E-state index in [1.807, 2.05) is 19.2 Å². The van der Waals surface area contributed by atoms with E-state index in [1.54, 1.807) is 7.11 Å². The average Bonchev–Trinajstić information content (AvgIpc) is 3.32. The van der Waals surface area contributed by atoms with Crippen molar-refractivity contribution in [2.45, 2.75) is 25.5 Å². The molecular weight excluding hydrogens is 262 g/mol. The summed E-state index contributed by atoms with van der Waals surface area (Å²) < 4.78 is 11.2. The van der Waals surface area contributed by atoms with Gasteiger partial charge in [0.1, 0.15) is 11.5 Å². The van der Waals surface area contributed by atoms with Crippen molar-refractivity contribution in [2.24, 2.45) is 0 Å². The summed E-state index contributed by atoms with van der Waals surface area (Å²) in [6, 6.07) is 14.5. The molecule has 0 spiro atoms. The highest BCUT2D eigenvalue weighted by Crippen LogP contribution is 2.32. The van der Waals surface area contributed by atoms with Gasteiger partial charge in [0.25, 0.3) is 0 Å². The molecule has 0 radical (unpaired) electrons. The molecule has 0 atom stereocenters. The summed E-state index contributed by atoms with van der Waals surface area (Å²) in [5.41, 5.74) is 3.62. The van der Waals surface area contributed by atoms with Crippen molar-refractivity contribution < 1.29 is 9.47 Å². The van der Waals surface area contributed by atoms with Gasteiger partial charge in [-0.25, -0.2) is 0 Å². The highest BCUT2D eigenvalue weighted by Gasteiger charge is 2.23. The van der Waals surface area contributed by atoms with Crippen LogP contribution in [-0.4, -0.2) is 20.3 Å². The average molecular weight is 283 g/mol. The predicted octanol–water partition coefficient (Wildman–Crippen LogP) is 3.62. The fourth-order valence-corrected chi connectivity index (χ4v) is 2.43. The number of rotatable bonds is 6. The lowest BCUT2D eigenvalue weighted by Crippen LogP contribution is -2.06. The van der Waals surface area contributed by atoms with E-state index in [4.69, 9.17) is 9.47 Å². The third-order valence-electron chi connectivity index (χ3n) is 3.65. The fraction of sp³-hybridized carbons (Fsp3) is 0.333. The third-order valence-corrected chi connectivity index (χ3v) is 3.65. The lowest BCUT2D eigenvalue weighted by atomic mass is 9.99. The topological polar surface area (TPSA) is 30.5 Å². The Morgan fingerprint density at radius 2 is 1.95 bits per heavy atom. The molecule has 0 amide bonds. The first-order chi connectivity index (χ1) is 10.3. The first-order valence-electron chi connectivity index (χ1n) is 7.39. The summed E-state index contributed by atoms with van der Waals surface area (Å²) in [4.78, 5) is 0. The van der Waals surface area contributed by atoms with Gasteiger partial charge in [-0.05, 0) is 60.8 Å². The predicted molar refractivity (Wildman–Crippen MR) is 84.8 cm³/mol. The molecule has 0 saturated heterocycles. The van der Waals surface area contributed by atoms with Crippen LogP contribution in [0.1, 0.15) is 18.4 Å². The van der Waals surface area contributed by atoms with Crippen LogP contribution in [0.15, 0.2) is 42.5 Å². The van der Waals surface area contributed by atoms with E-state index in [9.17, 15) is 0 Å². The van der Waals surface area contributed by atoms with Crippen molar-refractivity contribution in [3.05, 3.63) is 48.0 Å². The minimum Gasteiger partial charge on any atom is -0.497 e. The van der Waals surface area contributed by atoms with Crippen LogP contribution in [-0.2, 0) is 6.54 Å². The van der Waals surface area contributed by atoms with Gasteiger partial charge in [0.05, 0.1) is 13.2 Å². The molecule has 1 N–H and O–H groups in total. The minimum absolute atomic E-state index is 0.424. The van der Waals surface area contributed by atoms with Gasteiger partial charge < -0.3 is 14.8 Å². The lowest BCUT2D eigenvalue weighted by Gasteiger charge is -2.13. The molecule has 21 heavy (non-hydrogen) atoms. The van der Waals surface area contributed by atoms with Crippen LogP contribution in [0.5, 0.6) is 11.5 Å². The van der Waals surface area contributed by atoms with Crippen LogP contribution < -0.4 is 14.8 Å². The molecule has 3 nitrogen and oxygen atoms in total. The summed E-state index contributed by atoms with van der Waals surface area (Å²) >= 11 is 0. The van der Waals surface area contributed by atoms with Gasteiger partial charge in [-0.3, -0.25) is 0 Å². The molecule has 1 aliphatic carbocycles. The maximum atomic E-state index is 5.89. The van der Waals surface area contributed by atoms with Crippen LogP contribution in [0.3, 0.4) is 0 Å². The molecule has 2 aromatic carbocycles. The Balaban J connectivity index is 1.94. The van der Waals surface area contributed by atoms with Crippen LogP contribution in [0.25, 0.3) is 11.1 Å². The second kappa shape index (κ2) is 6.19. The van der Waals surface area contributed by atoms with Gasteiger partial charge in [-0.1, -0.05) is 18.2 Å². The molecule has 1 fully saturated rings. The van der Waals surface area contributed by atoms with Gasteiger partial charge in [0.2, 0.25) is 0 Å². The molecule has 0 aliphatic heterocycles. The second-order valence-electron chi connectivity index (χ2n) is 5.40. The van der Waals surface area contributed by atoms with Crippen LogP contribution in [0.4, 0.5) is 0 Å². The van der Waals surface area contributed by atoms with E-state index in [0.29, 0.717) is 6.10 Å². The van der Waals surface area contributed by atoms with Gasteiger partial charge in [0.15, 0.2) is 0 Å². The van der Waals surface area contributed by atoms with Crippen molar-refractivity contribution in [2.75, 3.05) is 14.2 Å². The highest BCUT2D eigenvalue weighted by atomic mass is 16.5. The van der Waals surface area contributed by atoms with E-state index in [0.717, 1.165) is 18.0 Å². The zero-order chi connectivity index (χ0) is 14.7. The molecule has 0 unspecified atom stereocenters. The van der Waals surface area contributed by atoms with Crippen molar-refractivity contribution in [1.82, 2.24) is 5.32 Å². The molecular formula is C18H21NO2. The summed E-state index contributed by atoms with van der Waals surface area (Å²) in [6.07, 6.45) is 2.78. The Hall–Kier alpha value is -2.00. The lowest BCUT2D eigenvalue weighted by molar-refractivity contribution is 0.303. The number of ether oxygens (including phenoxy) is 2. The maximum absolute atomic E-state index is 5.89. The van der Waals surface area contributed by atoms with Crippen molar-refractivity contribution in [3.8, 4) is 22.6 Å². The summed E-state index contributed by atoms with van der Waals surface area (Å²) in [6.45, 7) is 0.806. The molecule has 0 aromatic heterocycles. The van der Waals surface area contributed by atoms with Gasteiger partial charge in [-0.15, -0.1) is 0 Å². The van der Waals surface area contributed by atoms with Crippen LogP contribution in [0, 0.1) is 0 Å². The van der Waals surface area contributed by atoms with Crippen LogP contribution >= 0.6 is 0 Å². The molecule has 3 heteroatoms. The van der Waals surface area contributed by atoms with Crippen LogP contribution in [0.2, 0.25) is 0 Å². The molecule has 1 aliphatic rings. The number of hydrogen-bond donors (Lipinski definition) is 1.